The van der Waals surface area contributed by atoms with Crippen LogP contribution in [0.15, 0.2) is 47.6 Å². The Morgan fingerprint density at radius 3 is 2.60 bits per heavy atom. The Morgan fingerprint density at radius 1 is 1.25 bits per heavy atom. The van der Waals surface area contributed by atoms with Gasteiger partial charge in [-0.1, -0.05) is 17.7 Å². The number of rotatable bonds is 4. The van der Waals surface area contributed by atoms with Gasteiger partial charge in [-0.2, -0.15) is 5.10 Å². The summed E-state index contributed by atoms with van der Waals surface area (Å²) in [7, 11) is 0. The van der Waals surface area contributed by atoms with Crippen molar-refractivity contribution in [3.05, 3.63) is 68.7 Å². The van der Waals surface area contributed by atoms with Gasteiger partial charge < -0.3 is 0 Å². The first-order valence-corrected chi connectivity index (χ1v) is 6.24. The van der Waals surface area contributed by atoms with Crippen LogP contribution in [0, 0.1) is 17.0 Å². The van der Waals surface area contributed by atoms with Gasteiger partial charge in [-0.05, 0) is 42.3 Å². The first-order chi connectivity index (χ1) is 9.58. The van der Waals surface area contributed by atoms with E-state index in [0.717, 1.165) is 16.8 Å². The Bertz CT molecular complexity index is 654. The van der Waals surface area contributed by atoms with Crippen LogP contribution >= 0.6 is 11.6 Å². The fourth-order valence-corrected chi connectivity index (χ4v) is 1.76. The Hall–Kier alpha value is -2.40. The Kier molecular flexibility index (Phi) is 4.32. The molecule has 0 saturated heterocycles. The molecule has 0 aliphatic heterocycles. The molecule has 0 fully saturated rings. The van der Waals surface area contributed by atoms with Gasteiger partial charge in [0.05, 0.1) is 16.8 Å². The summed E-state index contributed by atoms with van der Waals surface area (Å²) in [5, 5.41) is 15.3. The highest BCUT2D eigenvalue weighted by atomic mass is 35.5. The molecule has 2 aromatic carbocycles. The van der Waals surface area contributed by atoms with E-state index >= 15 is 0 Å². The third kappa shape index (κ3) is 3.33. The Balaban J connectivity index is 2.06. The Labute approximate surface area is 121 Å². The number of nitro benzene ring substituents is 1. The lowest BCUT2D eigenvalue weighted by molar-refractivity contribution is -0.384. The minimum absolute atomic E-state index is 0.0563. The molecule has 0 unspecified atom stereocenters. The lowest BCUT2D eigenvalue weighted by atomic mass is 10.2. The summed E-state index contributed by atoms with van der Waals surface area (Å²) in [6, 6.07) is 11.6. The zero-order chi connectivity index (χ0) is 14.5. The molecule has 0 radical (unpaired) electrons. The van der Waals surface area contributed by atoms with Crippen molar-refractivity contribution in [2.45, 2.75) is 6.92 Å². The van der Waals surface area contributed by atoms with Crippen LogP contribution in [0.1, 0.15) is 11.1 Å². The summed E-state index contributed by atoms with van der Waals surface area (Å²) in [6.45, 7) is 1.89. The first kappa shape index (κ1) is 14.0. The lowest BCUT2D eigenvalue weighted by Gasteiger charge is -2.05. The van der Waals surface area contributed by atoms with E-state index in [1.54, 1.807) is 18.3 Å². The number of nitrogens with one attached hydrogen (secondary N) is 1. The summed E-state index contributed by atoms with van der Waals surface area (Å²) >= 11 is 6.00. The van der Waals surface area contributed by atoms with Gasteiger partial charge in [0.2, 0.25) is 0 Å². The SMILES string of the molecule is Cc1c(Cl)cccc1N/N=C/c1ccc([N+](=O)[O-])cc1. The van der Waals surface area contributed by atoms with E-state index in [4.69, 9.17) is 11.6 Å². The van der Waals surface area contributed by atoms with Crippen molar-refractivity contribution >= 4 is 29.2 Å². The molecule has 0 bridgehead atoms. The van der Waals surface area contributed by atoms with Gasteiger partial charge in [0, 0.05) is 17.2 Å². The molecular formula is C14H12ClN3O2. The topological polar surface area (TPSA) is 67.5 Å². The van der Waals surface area contributed by atoms with Gasteiger partial charge in [0.1, 0.15) is 0 Å². The molecule has 1 N–H and O–H groups in total. The maximum Gasteiger partial charge on any atom is 0.269 e. The van der Waals surface area contributed by atoms with Crippen LogP contribution in [-0.2, 0) is 0 Å². The molecule has 2 rings (SSSR count). The molecule has 102 valence electrons. The second-order valence-corrected chi connectivity index (χ2v) is 4.54. The van der Waals surface area contributed by atoms with Crippen molar-refractivity contribution in [1.82, 2.24) is 0 Å². The van der Waals surface area contributed by atoms with E-state index in [0.29, 0.717) is 5.02 Å². The number of nitro groups is 1. The fourth-order valence-electron chi connectivity index (χ4n) is 1.59. The predicted octanol–water partition coefficient (Wildman–Crippen LogP) is 4.00. The maximum absolute atomic E-state index is 10.5. The summed E-state index contributed by atoms with van der Waals surface area (Å²) in [4.78, 5) is 10.1. The molecular weight excluding hydrogens is 278 g/mol. The minimum atomic E-state index is -0.436. The standard InChI is InChI=1S/C14H12ClN3O2/c1-10-13(15)3-2-4-14(10)17-16-9-11-5-7-12(8-6-11)18(19)20/h2-9,17H,1H3/b16-9+. The van der Waals surface area contributed by atoms with Crippen LogP contribution in [-0.4, -0.2) is 11.1 Å². The van der Waals surface area contributed by atoms with Crippen LogP contribution < -0.4 is 5.43 Å². The van der Waals surface area contributed by atoms with Crippen LogP contribution in [0.5, 0.6) is 0 Å². The number of benzene rings is 2. The summed E-state index contributed by atoms with van der Waals surface area (Å²) in [5.74, 6) is 0. The normalized spacial score (nSPS) is 10.7. The second-order valence-electron chi connectivity index (χ2n) is 4.13. The maximum atomic E-state index is 10.5. The van der Waals surface area contributed by atoms with Crippen molar-refractivity contribution in [3.63, 3.8) is 0 Å². The lowest BCUT2D eigenvalue weighted by Crippen LogP contribution is -1.94. The molecule has 0 spiro atoms. The first-order valence-electron chi connectivity index (χ1n) is 5.86. The second kappa shape index (κ2) is 6.16. The van der Waals surface area contributed by atoms with Crippen molar-refractivity contribution < 1.29 is 4.92 Å². The highest BCUT2D eigenvalue weighted by Gasteiger charge is 2.03. The van der Waals surface area contributed by atoms with Crippen molar-refractivity contribution in [2.75, 3.05) is 5.43 Å². The van der Waals surface area contributed by atoms with Gasteiger partial charge in [-0.15, -0.1) is 0 Å². The fraction of sp³-hybridized carbons (Fsp3) is 0.0714. The van der Waals surface area contributed by atoms with Crippen LogP contribution in [0.2, 0.25) is 5.02 Å². The third-order valence-electron chi connectivity index (χ3n) is 2.77. The van der Waals surface area contributed by atoms with E-state index in [1.807, 2.05) is 25.1 Å². The monoisotopic (exact) mass is 289 g/mol. The molecule has 20 heavy (non-hydrogen) atoms. The van der Waals surface area contributed by atoms with Gasteiger partial charge in [-0.3, -0.25) is 15.5 Å². The number of non-ortho nitro benzene ring substituents is 1. The van der Waals surface area contributed by atoms with Gasteiger partial charge >= 0.3 is 0 Å². The minimum Gasteiger partial charge on any atom is -0.278 e. The molecule has 6 heteroatoms. The molecule has 0 heterocycles. The number of halogens is 1. The van der Waals surface area contributed by atoms with E-state index in [-0.39, 0.29) is 5.69 Å². The molecule has 0 aliphatic carbocycles. The summed E-state index contributed by atoms with van der Waals surface area (Å²) < 4.78 is 0. The smallest absolute Gasteiger partial charge is 0.269 e. The van der Waals surface area contributed by atoms with Crippen LogP contribution in [0.4, 0.5) is 11.4 Å². The van der Waals surface area contributed by atoms with Crippen molar-refractivity contribution in [1.29, 1.82) is 0 Å². The zero-order valence-corrected chi connectivity index (χ0v) is 11.5. The molecule has 0 saturated carbocycles. The molecule has 0 amide bonds. The van der Waals surface area contributed by atoms with Crippen LogP contribution in [0.3, 0.4) is 0 Å². The van der Waals surface area contributed by atoms with Crippen molar-refractivity contribution in [2.24, 2.45) is 5.10 Å². The molecule has 0 atom stereocenters. The quantitative estimate of drug-likeness (QED) is 0.525. The summed E-state index contributed by atoms with van der Waals surface area (Å²) in [5.41, 5.74) is 5.44. The van der Waals surface area contributed by atoms with Crippen LogP contribution in [0.25, 0.3) is 0 Å². The zero-order valence-electron chi connectivity index (χ0n) is 10.7. The highest BCUT2D eigenvalue weighted by molar-refractivity contribution is 6.31. The van der Waals surface area contributed by atoms with Gasteiger partial charge in [0.25, 0.3) is 5.69 Å². The van der Waals surface area contributed by atoms with Crippen molar-refractivity contribution in [3.8, 4) is 0 Å². The highest BCUT2D eigenvalue weighted by Crippen LogP contribution is 2.22. The van der Waals surface area contributed by atoms with E-state index in [2.05, 4.69) is 10.5 Å². The number of hydrogen-bond acceptors (Lipinski definition) is 4. The van der Waals surface area contributed by atoms with Gasteiger partial charge in [-0.25, -0.2) is 0 Å². The third-order valence-corrected chi connectivity index (χ3v) is 3.18. The van der Waals surface area contributed by atoms with E-state index < -0.39 is 4.92 Å². The Morgan fingerprint density at radius 2 is 1.95 bits per heavy atom. The number of hydrogen-bond donors (Lipinski definition) is 1. The average Bonchev–Trinajstić information content (AvgIpc) is 2.44. The predicted molar refractivity (Wildman–Crippen MR) is 80.5 cm³/mol. The molecule has 5 nitrogen and oxygen atoms in total. The van der Waals surface area contributed by atoms with E-state index in [1.165, 1.54) is 12.1 Å². The molecule has 0 aliphatic rings. The summed E-state index contributed by atoms with van der Waals surface area (Å²) in [6.07, 6.45) is 1.59. The largest absolute Gasteiger partial charge is 0.278 e. The number of anilines is 1. The average molecular weight is 290 g/mol. The van der Waals surface area contributed by atoms with E-state index in [9.17, 15) is 10.1 Å². The van der Waals surface area contributed by atoms with Gasteiger partial charge in [0.15, 0.2) is 0 Å². The number of hydrazone groups is 1. The number of nitrogens with zero attached hydrogens (tertiary/aromatic N) is 2. The molecule has 0 aromatic heterocycles. The molecule has 2 aromatic rings.